The van der Waals surface area contributed by atoms with E-state index in [-0.39, 0.29) is 36.9 Å². The fourth-order valence-electron chi connectivity index (χ4n) is 6.42. The number of ether oxygens (including phenoxy) is 3. The Bertz CT molecular complexity index is 1060. The maximum atomic E-state index is 13.8. The van der Waals surface area contributed by atoms with Gasteiger partial charge in [0.25, 0.3) is 0 Å². The topological polar surface area (TPSA) is 106 Å². The highest BCUT2D eigenvalue weighted by molar-refractivity contribution is 6.02. The molecule has 0 aromatic heterocycles. The highest BCUT2D eigenvalue weighted by Gasteiger charge is 2.72. The van der Waals surface area contributed by atoms with Gasteiger partial charge < -0.3 is 29.7 Å². The molecule has 2 saturated heterocycles. The molecule has 3 amide bonds. The van der Waals surface area contributed by atoms with Gasteiger partial charge in [0.15, 0.2) is 0 Å². The zero-order valence-electron chi connectivity index (χ0n) is 21.1. The zero-order valence-corrected chi connectivity index (χ0v) is 21.1. The molecule has 0 unspecified atom stereocenters. The van der Waals surface area contributed by atoms with Gasteiger partial charge in [-0.2, -0.15) is 0 Å². The third-order valence-electron chi connectivity index (χ3n) is 8.24. The van der Waals surface area contributed by atoms with Crippen molar-refractivity contribution in [3.8, 4) is 5.75 Å². The summed E-state index contributed by atoms with van der Waals surface area (Å²) in [5.41, 5.74) is -0.601. The molecule has 9 nitrogen and oxygen atoms in total. The molecule has 1 saturated carbocycles. The van der Waals surface area contributed by atoms with Gasteiger partial charge in [-0.25, -0.2) is 0 Å². The van der Waals surface area contributed by atoms with E-state index in [0.717, 1.165) is 19.3 Å². The molecule has 2 bridgehead atoms. The number of benzene rings is 1. The molecule has 0 radical (unpaired) electrons. The van der Waals surface area contributed by atoms with Crippen LogP contribution in [0.25, 0.3) is 0 Å². The molecule has 5 rings (SSSR count). The van der Waals surface area contributed by atoms with Gasteiger partial charge in [0.1, 0.15) is 17.4 Å². The number of nitrogens with one attached hydrogen (secondary N) is 2. The van der Waals surface area contributed by atoms with Crippen molar-refractivity contribution in [1.82, 2.24) is 10.2 Å². The summed E-state index contributed by atoms with van der Waals surface area (Å²) in [6.07, 6.45) is 7.32. The third-order valence-corrected chi connectivity index (χ3v) is 8.24. The maximum Gasteiger partial charge on any atom is 0.246 e. The second kappa shape index (κ2) is 9.86. The van der Waals surface area contributed by atoms with E-state index < -0.39 is 29.6 Å². The first kappa shape index (κ1) is 24.8. The smallest absolute Gasteiger partial charge is 0.246 e. The van der Waals surface area contributed by atoms with Gasteiger partial charge in [-0.15, -0.1) is 0 Å². The fraction of sp³-hybridized carbons (Fsp3) is 0.593. The van der Waals surface area contributed by atoms with E-state index in [9.17, 15) is 14.4 Å². The molecule has 2 N–H and O–H groups in total. The average Bonchev–Trinajstić information content (AvgIpc) is 3.51. The minimum atomic E-state index is -1.17. The molecular formula is C27H35N3O6. The summed E-state index contributed by atoms with van der Waals surface area (Å²) in [5, 5.41) is 6.14. The van der Waals surface area contributed by atoms with Crippen LogP contribution in [0.1, 0.15) is 32.6 Å². The van der Waals surface area contributed by atoms with Crippen molar-refractivity contribution in [3.63, 3.8) is 0 Å². The third kappa shape index (κ3) is 4.08. The van der Waals surface area contributed by atoms with Gasteiger partial charge in [-0.1, -0.05) is 38.0 Å². The first-order chi connectivity index (χ1) is 17.4. The van der Waals surface area contributed by atoms with Crippen molar-refractivity contribution in [2.75, 3.05) is 32.7 Å². The molecule has 1 spiro atoms. The van der Waals surface area contributed by atoms with E-state index in [1.807, 2.05) is 12.2 Å². The molecule has 9 heteroatoms. The van der Waals surface area contributed by atoms with Gasteiger partial charge in [0, 0.05) is 31.5 Å². The van der Waals surface area contributed by atoms with Crippen LogP contribution in [0.5, 0.6) is 5.75 Å². The van der Waals surface area contributed by atoms with Crippen LogP contribution in [0.2, 0.25) is 0 Å². The van der Waals surface area contributed by atoms with Crippen molar-refractivity contribution >= 4 is 23.4 Å². The number of likely N-dealkylation sites (tertiary alicyclic amines) is 1. The van der Waals surface area contributed by atoms with Crippen molar-refractivity contribution in [3.05, 3.63) is 36.4 Å². The number of hydrogen-bond donors (Lipinski definition) is 2. The molecule has 3 aliphatic heterocycles. The van der Waals surface area contributed by atoms with Crippen LogP contribution in [0.15, 0.2) is 36.4 Å². The highest BCUT2D eigenvalue weighted by atomic mass is 16.5. The number of rotatable bonds is 8. The Kier molecular flexibility index (Phi) is 6.78. The summed E-state index contributed by atoms with van der Waals surface area (Å²) in [4.78, 5) is 42.6. The van der Waals surface area contributed by atoms with Crippen molar-refractivity contribution < 1.29 is 28.6 Å². The van der Waals surface area contributed by atoms with Crippen LogP contribution in [0.3, 0.4) is 0 Å². The lowest BCUT2D eigenvalue weighted by Crippen LogP contribution is -2.57. The quantitative estimate of drug-likeness (QED) is 0.533. The standard InChI is InChI=1S/C27H35N3O6/c1-16-7-4-5-10-19(16)29-25(32)23-27-12-11-20(36-27)21(22(27)26(33)30(23)13-14-34-2)24(31)28-17-8-6-9-18(15-17)35-3/h6,8-9,11-12,15-16,19-23H,4-5,7,10,13-14H2,1-3H3,(H,28,31)(H,29,32)/t16-,19-,20+,21+,22+,23-,27-/m0/s1. The van der Waals surface area contributed by atoms with E-state index in [1.54, 1.807) is 43.4 Å². The molecule has 194 valence electrons. The van der Waals surface area contributed by atoms with Crippen molar-refractivity contribution in [2.45, 2.75) is 56.4 Å². The van der Waals surface area contributed by atoms with Crippen LogP contribution < -0.4 is 15.4 Å². The Morgan fingerprint density at radius 1 is 1.19 bits per heavy atom. The molecule has 3 heterocycles. The normalized spacial score (nSPS) is 34.5. The van der Waals surface area contributed by atoms with Gasteiger partial charge in [0.2, 0.25) is 17.7 Å². The molecular weight excluding hydrogens is 462 g/mol. The summed E-state index contributed by atoms with van der Waals surface area (Å²) in [5.74, 6) is -1.32. The molecule has 1 aromatic rings. The number of hydrogen-bond acceptors (Lipinski definition) is 6. The molecule has 3 fully saturated rings. The Morgan fingerprint density at radius 3 is 2.75 bits per heavy atom. The van der Waals surface area contributed by atoms with Crippen LogP contribution in [-0.2, 0) is 23.9 Å². The lowest BCUT2D eigenvalue weighted by Gasteiger charge is -2.35. The highest BCUT2D eigenvalue weighted by Crippen LogP contribution is 2.55. The second-order valence-corrected chi connectivity index (χ2v) is 10.3. The Balaban J connectivity index is 1.42. The lowest BCUT2D eigenvalue weighted by molar-refractivity contribution is -0.142. The monoisotopic (exact) mass is 497 g/mol. The van der Waals surface area contributed by atoms with E-state index in [2.05, 4.69) is 17.6 Å². The second-order valence-electron chi connectivity index (χ2n) is 10.3. The number of amides is 3. The Labute approximate surface area is 211 Å². The summed E-state index contributed by atoms with van der Waals surface area (Å²) < 4.78 is 16.9. The molecule has 1 aromatic carbocycles. The van der Waals surface area contributed by atoms with E-state index in [1.165, 1.54) is 6.42 Å². The molecule has 7 atom stereocenters. The van der Waals surface area contributed by atoms with Crippen LogP contribution in [0.4, 0.5) is 5.69 Å². The maximum absolute atomic E-state index is 13.8. The fourth-order valence-corrected chi connectivity index (χ4v) is 6.42. The lowest BCUT2D eigenvalue weighted by atomic mass is 9.74. The van der Waals surface area contributed by atoms with Gasteiger partial charge >= 0.3 is 0 Å². The largest absolute Gasteiger partial charge is 0.497 e. The molecule has 1 aliphatic carbocycles. The van der Waals surface area contributed by atoms with Crippen LogP contribution in [0, 0.1) is 17.8 Å². The van der Waals surface area contributed by atoms with Crippen LogP contribution >= 0.6 is 0 Å². The number of fused-ring (bicyclic) bond motifs is 1. The summed E-state index contributed by atoms with van der Waals surface area (Å²) in [7, 11) is 3.12. The number of nitrogens with zero attached hydrogens (tertiary/aromatic N) is 1. The molecule has 4 aliphatic rings. The molecule has 36 heavy (non-hydrogen) atoms. The summed E-state index contributed by atoms with van der Waals surface area (Å²) in [6.45, 7) is 2.69. The first-order valence-corrected chi connectivity index (χ1v) is 12.8. The van der Waals surface area contributed by atoms with Gasteiger partial charge in [-0.3, -0.25) is 14.4 Å². The predicted octanol–water partition coefficient (Wildman–Crippen LogP) is 2.13. The van der Waals surface area contributed by atoms with E-state index in [0.29, 0.717) is 17.4 Å². The SMILES string of the molecule is COCCN1C(=O)[C@H]2[C@H](C(=O)Nc3cccc(OC)c3)[C@H]3C=C[C@@]2(O3)[C@@H]1C(=O)N[C@H]1CCCC[C@@H]1C. The van der Waals surface area contributed by atoms with Crippen molar-refractivity contribution in [1.29, 1.82) is 0 Å². The van der Waals surface area contributed by atoms with Gasteiger partial charge in [0.05, 0.1) is 31.7 Å². The average molecular weight is 498 g/mol. The number of carbonyl (C=O) groups is 3. The zero-order chi connectivity index (χ0) is 25.4. The van der Waals surface area contributed by atoms with Gasteiger partial charge in [-0.05, 0) is 30.9 Å². The number of carbonyl (C=O) groups excluding carboxylic acids is 3. The number of anilines is 1. The van der Waals surface area contributed by atoms with E-state index >= 15 is 0 Å². The summed E-state index contributed by atoms with van der Waals surface area (Å²) >= 11 is 0. The minimum Gasteiger partial charge on any atom is -0.497 e. The Morgan fingerprint density at radius 2 is 2.00 bits per heavy atom. The van der Waals surface area contributed by atoms with Crippen molar-refractivity contribution in [2.24, 2.45) is 17.8 Å². The first-order valence-electron chi connectivity index (χ1n) is 12.8. The summed E-state index contributed by atoms with van der Waals surface area (Å²) in [6, 6.07) is 6.28. The van der Waals surface area contributed by atoms with E-state index in [4.69, 9.17) is 14.2 Å². The predicted molar refractivity (Wildman–Crippen MR) is 132 cm³/mol. The minimum absolute atomic E-state index is 0.0656. The van der Waals surface area contributed by atoms with Crippen LogP contribution in [-0.4, -0.2) is 73.8 Å². The Hall–Kier alpha value is -2.91. The number of methoxy groups -OCH3 is 2.